The zero-order valence-corrected chi connectivity index (χ0v) is 9.67. The Kier molecular flexibility index (Phi) is 5.03. The van der Waals surface area contributed by atoms with Gasteiger partial charge in [-0.1, -0.05) is 6.07 Å². The van der Waals surface area contributed by atoms with Crippen LogP contribution in [0.5, 0.6) is 0 Å². The lowest BCUT2D eigenvalue weighted by Gasteiger charge is -2.08. The molecule has 0 heterocycles. The summed E-state index contributed by atoms with van der Waals surface area (Å²) in [5.41, 5.74) is 5.00. The van der Waals surface area contributed by atoms with Crippen LogP contribution in [0.25, 0.3) is 0 Å². The molecule has 1 rings (SSSR count). The lowest BCUT2D eigenvalue weighted by Crippen LogP contribution is -2.27. The van der Waals surface area contributed by atoms with Crippen LogP contribution in [0.3, 0.4) is 0 Å². The average Bonchev–Trinajstić information content (AvgIpc) is 2.24. The third-order valence-corrected chi connectivity index (χ3v) is 2.31. The molecule has 94 valence electrons. The van der Waals surface area contributed by atoms with Gasteiger partial charge in [-0.15, -0.1) is 0 Å². The van der Waals surface area contributed by atoms with Crippen molar-refractivity contribution in [2.75, 3.05) is 6.54 Å². The molecule has 0 aliphatic carbocycles. The van der Waals surface area contributed by atoms with Crippen molar-refractivity contribution in [1.29, 1.82) is 0 Å². The Hall–Kier alpha value is -1.49. The zero-order valence-electron chi connectivity index (χ0n) is 9.67. The van der Waals surface area contributed by atoms with E-state index < -0.39 is 23.1 Å². The largest absolute Gasteiger partial charge is 0.352 e. The molecule has 0 aliphatic rings. The van der Waals surface area contributed by atoms with E-state index in [1.54, 1.807) is 0 Å². The van der Waals surface area contributed by atoms with E-state index in [0.717, 1.165) is 18.6 Å². The van der Waals surface area contributed by atoms with Crippen molar-refractivity contribution in [2.45, 2.75) is 25.8 Å². The van der Waals surface area contributed by atoms with Crippen molar-refractivity contribution in [1.82, 2.24) is 5.32 Å². The van der Waals surface area contributed by atoms with Gasteiger partial charge in [0.15, 0.2) is 0 Å². The van der Waals surface area contributed by atoms with Crippen LogP contribution in [0, 0.1) is 11.6 Å². The van der Waals surface area contributed by atoms with Crippen LogP contribution < -0.4 is 11.1 Å². The molecule has 0 aliphatic heterocycles. The van der Waals surface area contributed by atoms with E-state index in [1.807, 2.05) is 6.92 Å². The van der Waals surface area contributed by atoms with Gasteiger partial charge < -0.3 is 11.1 Å². The maximum Gasteiger partial charge on any atom is 0.257 e. The molecule has 1 atom stereocenters. The Bertz CT molecular complexity index is 374. The predicted molar refractivity (Wildman–Crippen MR) is 61.6 cm³/mol. The second-order valence-corrected chi connectivity index (χ2v) is 3.97. The Morgan fingerprint density at radius 2 is 2.00 bits per heavy atom. The van der Waals surface area contributed by atoms with Crippen LogP contribution in [0.15, 0.2) is 18.2 Å². The summed E-state index contributed by atoms with van der Waals surface area (Å²) in [4.78, 5) is 11.5. The number of amides is 1. The van der Waals surface area contributed by atoms with Gasteiger partial charge in [0.2, 0.25) is 0 Å². The number of hydrogen-bond acceptors (Lipinski definition) is 2. The summed E-state index contributed by atoms with van der Waals surface area (Å²) in [5, 5.41) is 2.46. The summed E-state index contributed by atoms with van der Waals surface area (Å²) in [7, 11) is 0. The number of halogens is 2. The standard InChI is InChI=1S/C12H16F2N2O/c1-8(15)4-3-7-16-12(17)11-9(13)5-2-6-10(11)14/h2,5-6,8H,3-4,7,15H2,1H3,(H,16,17). The predicted octanol–water partition coefficient (Wildman–Crippen LogP) is 1.82. The first-order chi connectivity index (χ1) is 8.02. The number of carbonyl (C=O) groups excluding carboxylic acids is 1. The van der Waals surface area contributed by atoms with E-state index in [-0.39, 0.29) is 6.04 Å². The second-order valence-electron chi connectivity index (χ2n) is 3.97. The topological polar surface area (TPSA) is 55.1 Å². The molecule has 1 unspecified atom stereocenters. The molecule has 0 saturated heterocycles. The highest BCUT2D eigenvalue weighted by molar-refractivity contribution is 5.94. The van der Waals surface area contributed by atoms with Gasteiger partial charge in [0.1, 0.15) is 17.2 Å². The van der Waals surface area contributed by atoms with Gasteiger partial charge in [-0.05, 0) is 31.9 Å². The van der Waals surface area contributed by atoms with Gasteiger partial charge in [0, 0.05) is 12.6 Å². The van der Waals surface area contributed by atoms with Gasteiger partial charge in [0.25, 0.3) is 5.91 Å². The van der Waals surface area contributed by atoms with E-state index in [9.17, 15) is 13.6 Å². The number of carbonyl (C=O) groups is 1. The first-order valence-corrected chi connectivity index (χ1v) is 5.50. The molecule has 17 heavy (non-hydrogen) atoms. The van der Waals surface area contributed by atoms with Gasteiger partial charge in [-0.2, -0.15) is 0 Å². The fraction of sp³-hybridized carbons (Fsp3) is 0.417. The summed E-state index contributed by atoms with van der Waals surface area (Å²) in [5.74, 6) is -2.44. The highest BCUT2D eigenvalue weighted by Gasteiger charge is 2.16. The molecule has 0 spiro atoms. The molecule has 3 nitrogen and oxygen atoms in total. The maximum absolute atomic E-state index is 13.2. The van der Waals surface area contributed by atoms with Gasteiger partial charge >= 0.3 is 0 Å². The van der Waals surface area contributed by atoms with Crippen LogP contribution in [0.4, 0.5) is 8.78 Å². The molecule has 1 aromatic rings. The molecule has 0 aromatic heterocycles. The monoisotopic (exact) mass is 242 g/mol. The second kappa shape index (κ2) is 6.30. The first kappa shape index (κ1) is 13.6. The van der Waals surface area contributed by atoms with E-state index in [2.05, 4.69) is 5.32 Å². The fourth-order valence-electron chi connectivity index (χ4n) is 1.43. The minimum atomic E-state index is -0.852. The SMILES string of the molecule is CC(N)CCCNC(=O)c1c(F)cccc1F. The summed E-state index contributed by atoms with van der Waals surface area (Å²) in [6.45, 7) is 2.21. The lowest BCUT2D eigenvalue weighted by atomic mass is 10.1. The molecular formula is C12H16F2N2O. The highest BCUT2D eigenvalue weighted by atomic mass is 19.1. The van der Waals surface area contributed by atoms with E-state index in [0.29, 0.717) is 13.0 Å². The molecule has 5 heteroatoms. The third-order valence-electron chi connectivity index (χ3n) is 2.31. The highest BCUT2D eigenvalue weighted by Crippen LogP contribution is 2.11. The smallest absolute Gasteiger partial charge is 0.257 e. The Morgan fingerprint density at radius 1 is 1.41 bits per heavy atom. The van der Waals surface area contributed by atoms with Crippen LogP contribution in [0.1, 0.15) is 30.1 Å². The van der Waals surface area contributed by atoms with Gasteiger partial charge in [-0.25, -0.2) is 8.78 Å². The number of hydrogen-bond donors (Lipinski definition) is 2. The van der Waals surface area contributed by atoms with E-state index >= 15 is 0 Å². The van der Waals surface area contributed by atoms with E-state index in [4.69, 9.17) is 5.73 Å². The van der Waals surface area contributed by atoms with Crippen molar-refractivity contribution in [3.63, 3.8) is 0 Å². The number of nitrogens with one attached hydrogen (secondary N) is 1. The van der Waals surface area contributed by atoms with Crippen molar-refractivity contribution in [3.8, 4) is 0 Å². The minimum absolute atomic E-state index is 0.0529. The normalized spacial score (nSPS) is 12.2. The Morgan fingerprint density at radius 3 is 2.53 bits per heavy atom. The number of rotatable bonds is 5. The lowest BCUT2D eigenvalue weighted by molar-refractivity contribution is 0.0944. The minimum Gasteiger partial charge on any atom is -0.352 e. The van der Waals surface area contributed by atoms with Crippen LogP contribution >= 0.6 is 0 Å². The fourth-order valence-corrected chi connectivity index (χ4v) is 1.43. The zero-order chi connectivity index (χ0) is 12.8. The molecule has 0 fully saturated rings. The third kappa shape index (κ3) is 4.11. The van der Waals surface area contributed by atoms with Crippen molar-refractivity contribution < 1.29 is 13.6 Å². The van der Waals surface area contributed by atoms with Crippen LogP contribution in [-0.4, -0.2) is 18.5 Å². The first-order valence-electron chi connectivity index (χ1n) is 5.50. The molecule has 0 saturated carbocycles. The maximum atomic E-state index is 13.2. The molecular weight excluding hydrogens is 226 g/mol. The average molecular weight is 242 g/mol. The van der Waals surface area contributed by atoms with Crippen LogP contribution in [-0.2, 0) is 0 Å². The van der Waals surface area contributed by atoms with Crippen LogP contribution in [0.2, 0.25) is 0 Å². The molecule has 3 N–H and O–H groups in total. The Labute approximate surface area is 99.0 Å². The van der Waals surface area contributed by atoms with Gasteiger partial charge in [0.05, 0.1) is 0 Å². The summed E-state index contributed by atoms with van der Waals surface area (Å²) < 4.78 is 26.4. The van der Waals surface area contributed by atoms with E-state index in [1.165, 1.54) is 6.07 Å². The molecule has 0 bridgehead atoms. The quantitative estimate of drug-likeness (QED) is 0.774. The van der Waals surface area contributed by atoms with Crippen molar-refractivity contribution >= 4 is 5.91 Å². The molecule has 0 radical (unpaired) electrons. The summed E-state index contributed by atoms with van der Waals surface area (Å²) >= 11 is 0. The summed E-state index contributed by atoms with van der Waals surface area (Å²) in [6, 6.07) is 3.38. The Balaban J connectivity index is 2.53. The molecule has 1 aromatic carbocycles. The van der Waals surface area contributed by atoms with Crippen molar-refractivity contribution in [3.05, 3.63) is 35.4 Å². The van der Waals surface area contributed by atoms with Crippen molar-refractivity contribution in [2.24, 2.45) is 5.73 Å². The molecule has 1 amide bonds. The number of benzene rings is 1. The number of nitrogens with two attached hydrogens (primary N) is 1. The van der Waals surface area contributed by atoms with Gasteiger partial charge in [-0.3, -0.25) is 4.79 Å². The summed E-state index contributed by atoms with van der Waals surface area (Å²) in [6.07, 6.45) is 1.43.